The molecular weight excluding hydrogens is 486 g/mol. The van der Waals surface area contributed by atoms with Crippen molar-refractivity contribution in [1.29, 1.82) is 0 Å². The largest absolute Gasteiger partial charge is 0.288 e. The lowest BCUT2D eigenvalue weighted by atomic mass is 9.90. The van der Waals surface area contributed by atoms with Crippen molar-refractivity contribution in [2.45, 2.75) is 13.8 Å². The minimum atomic E-state index is -0.436. The third-order valence-corrected chi connectivity index (χ3v) is 7.40. The molecule has 0 spiro atoms. The van der Waals surface area contributed by atoms with Gasteiger partial charge in [-0.25, -0.2) is 8.78 Å². The minimum absolute atomic E-state index is 0.299. The Morgan fingerprint density at radius 2 is 0.838 bits per heavy atom. The summed E-state index contributed by atoms with van der Waals surface area (Å²) < 4.78 is 27.2. The molecule has 0 aliphatic carbocycles. The summed E-state index contributed by atoms with van der Waals surface area (Å²) in [4.78, 5) is 28.4. The van der Waals surface area contributed by atoms with E-state index in [4.69, 9.17) is 0 Å². The van der Waals surface area contributed by atoms with Gasteiger partial charge in [-0.15, -0.1) is 11.3 Å². The molecule has 0 aliphatic heterocycles. The molecule has 1 heterocycles. The zero-order valence-electron chi connectivity index (χ0n) is 20.2. The van der Waals surface area contributed by atoms with E-state index in [1.807, 2.05) is 62.4 Å². The Bertz CT molecular complexity index is 1470. The molecule has 182 valence electrons. The maximum absolute atomic E-state index is 13.8. The highest BCUT2D eigenvalue weighted by atomic mass is 32.1. The second-order valence-electron chi connectivity index (χ2n) is 8.91. The first kappa shape index (κ1) is 24.5. The van der Waals surface area contributed by atoms with Crippen LogP contribution in [0.5, 0.6) is 0 Å². The number of carbonyl (C=O) groups excluding carboxylic acids is 2. The second-order valence-corrected chi connectivity index (χ2v) is 9.94. The predicted molar refractivity (Wildman–Crippen MR) is 144 cm³/mol. The molecule has 2 nitrogen and oxygen atoms in total. The smallest absolute Gasteiger partial charge is 0.203 e. The molecule has 0 saturated heterocycles. The number of rotatable bonds is 6. The molecule has 0 unspecified atom stereocenters. The van der Waals surface area contributed by atoms with Crippen molar-refractivity contribution < 1.29 is 18.4 Å². The Balaban J connectivity index is 1.81. The van der Waals surface area contributed by atoms with Crippen molar-refractivity contribution in [3.63, 3.8) is 0 Å². The molecule has 0 fully saturated rings. The second kappa shape index (κ2) is 10.0. The van der Waals surface area contributed by atoms with Crippen molar-refractivity contribution in [3.8, 4) is 22.3 Å². The molecular formula is C32H22F2O2S. The first-order chi connectivity index (χ1) is 17.8. The van der Waals surface area contributed by atoms with E-state index in [1.54, 1.807) is 0 Å². The molecule has 5 aromatic rings. The van der Waals surface area contributed by atoms with Crippen LogP contribution >= 0.6 is 11.3 Å². The van der Waals surface area contributed by atoms with Gasteiger partial charge < -0.3 is 0 Å². The quantitative estimate of drug-likeness (QED) is 0.216. The Morgan fingerprint density at radius 3 is 1.16 bits per heavy atom. The standard InChI is InChI=1S/C32H22F2O2S/c1-19-3-7-21(8-4-19)27-28(22-9-5-20(2)6-10-22)32(30(36)24-13-17-26(34)18-14-24)37-31(27)29(35)23-11-15-25(33)16-12-23/h3-18H,1-2H3. The summed E-state index contributed by atoms with van der Waals surface area (Å²) in [6, 6.07) is 26.3. The van der Waals surface area contributed by atoms with Crippen LogP contribution in [0.4, 0.5) is 8.78 Å². The molecule has 0 saturated carbocycles. The third kappa shape index (κ3) is 4.91. The molecule has 5 heteroatoms. The molecule has 0 amide bonds. The maximum atomic E-state index is 13.8. The van der Waals surface area contributed by atoms with Gasteiger partial charge in [-0.2, -0.15) is 0 Å². The van der Waals surface area contributed by atoms with Gasteiger partial charge in [0.15, 0.2) is 0 Å². The fourth-order valence-corrected chi connectivity index (χ4v) is 5.48. The average Bonchev–Trinajstić information content (AvgIpc) is 3.30. The van der Waals surface area contributed by atoms with Gasteiger partial charge in [0.25, 0.3) is 0 Å². The monoisotopic (exact) mass is 508 g/mol. The van der Waals surface area contributed by atoms with E-state index in [9.17, 15) is 18.4 Å². The molecule has 4 aromatic carbocycles. The number of benzene rings is 4. The number of halogens is 2. The van der Waals surface area contributed by atoms with Crippen molar-refractivity contribution in [3.05, 3.63) is 141 Å². The van der Waals surface area contributed by atoms with Crippen molar-refractivity contribution in [1.82, 2.24) is 0 Å². The summed E-state index contributed by atoms with van der Waals surface area (Å²) in [6.45, 7) is 3.96. The van der Waals surface area contributed by atoms with Gasteiger partial charge in [0.2, 0.25) is 11.6 Å². The lowest BCUT2D eigenvalue weighted by Crippen LogP contribution is -2.01. The SMILES string of the molecule is Cc1ccc(-c2c(C(=O)c3ccc(F)cc3)sc(C(=O)c3ccc(F)cc3)c2-c2ccc(C)cc2)cc1. The highest BCUT2D eigenvalue weighted by molar-refractivity contribution is 7.17. The van der Waals surface area contributed by atoms with E-state index in [0.717, 1.165) is 33.6 Å². The van der Waals surface area contributed by atoms with Gasteiger partial charge in [-0.1, -0.05) is 59.7 Å². The van der Waals surface area contributed by atoms with Gasteiger partial charge in [-0.3, -0.25) is 9.59 Å². The number of ketones is 2. The zero-order valence-corrected chi connectivity index (χ0v) is 21.0. The van der Waals surface area contributed by atoms with E-state index >= 15 is 0 Å². The van der Waals surface area contributed by atoms with Gasteiger partial charge in [-0.05, 0) is 73.5 Å². The van der Waals surface area contributed by atoms with Gasteiger partial charge >= 0.3 is 0 Å². The highest BCUT2D eigenvalue weighted by Crippen LogP contribution is 2.45. The molecule has 37 heavy (non-hydrogen) atoms. The van der Waals surface area contributed by atoms with Crippen LogP contribution in [-0.2, 0) is 0 Å². The van der Waals surface area contributed by atoms with E-state index in [1.165, 1.54) is 48.5 Å². The zero-order chi connectivity index (χ0) is 26.1. The first-order valence-electron chi connectivity index (χ1n) is 11.7. The average molecular weight is 509 g/mol. The number of hydrogen-bond donors (Lipinski definition) is 0. The van der Waals surface area contributed by atoms with E-state index in [-0.39, 0.29) is 11.6 Å². The minimum Gasteiger partial charge on any atom is -0.288 e. The van der Waals surface area contributed by atoms with Crippen molar-refractivity contribution in [2.24, 2.45) is 0 Å². The van der Waals surface area contributed by atoms with E-state index in [2.05, 4.69) is 0 Å². The number of hydrogen-bond acceptors (Lipinski definition) is 3. The number of aryl methyl sites for hydroxylation is 2. The summed E-state index contributed by atoms with van der Waals surface area (Å²) in [7, 11) is 0. The van der Waals surface area contributed by atoms with Crippen LogP contribution in [0.25, 0.3) is 22.3 Å². The summed E-state index contributed by atoms with van der Waals surface area (Å²) >= 11 is 1.11. The van der Waals surface area contributed by atoms with Crippen molar-refractivity contribution in [2.75, 3.05) is 0 Å². The van der Waals surface area contributed by atoms with Crippen LogP contribution in [0.3, 0.4) is 0 Å². The molecule has 0 atom stereocenters. The maximum Gasteiger partial charge on any atom is 0.203 e. The van der Waals surface area contributed by atoms with Crippen molar-refractivity contribution >= 4 is 22.9 Å². The lowest BCUT2D eigenvalue weighted by Gasteiger charge is -2.11. The summed E-state index contributed by atoms with van der Waals surface area (Å²) in [5.74, 6) is -1.47. The summed E-state index contributed by atoms with van der Waals surface area (Å²) in [5, 5.41) is 0. The Kier molecular flexibility index (Phi) is 6.64. The van der Waals surface area contributed by atoms with E-state index in [0.29, 0.717) is 32.0 Å². The van der Waals surface area contributed by atoms with Crippen LogP contribution in [0.1, 0.15) is 41.6 Å². The van der Waals surface area contributed by atoms with Crippen LogP contribution < -0.4 is 0 Å². The lowest BCUT2D eigenvalue weighted by molar-refractivity contribution is 0.103. The normalized spacial score (nSPS) is 10.9. The van der Waals surface area contributed by atoms with Crippen LogP contribution in [0, 0.1) is 25.5 Å². The fourth-order valence-electron chi connectivity index (χ4n) is 4.21. The topological polar surface area (TPSA) is 34.1 Å². The third-order valence-electron chi connectivity index (χ3n) is 6.21. The van der Waals surface area contributed by atoms with Gasteiger partial charge in [0.1, 0.15) is 11.6 Å². The van der Waals surface area contributed by atoms with Crippen LogP contribution in [0.15, 0.2) is 97.1 Å². The Labute approximate surface area is 217 Å². The Morgan fingerprint density at radius 1 is 0.514 bits per heavy atom. The molecule has 1 aromatic heterocycles. The molecule has 0 bridgehead atoms. The van der Waals surface area contributed by atoms with Gasteiger partial charge in [0.05, 0.1) is 9.75 Å². The van der Waals surface area contributed by atoms with Gasteiger partial charge in [0, 0.05) is 22.3 Å². The Hall–Kier alpha value is -4.22. The molecule has 0 radical (unpaired) electrons. The van der Waals surface area contributed by atoms with Crippen LogP contribution in [-0.4, -0.2) is 11.6 Å². The number of carbonyl (C=O) groups is 2. The molecule has 5 rings (SSSR count). The van der Waals surface area contributed by atoms with E-state index < -0.39 is 11.6 Å². The highest BCUT2D eigenvalue weighted by Gasteiger charge is 2.29. The molecule has 0 aliphatic rings. The van der Waals surface area contributed by atoms with Crippen LogP contribution in [0.2, 0.25) is 0 Å². The summed E-state index contributed by atoms with van der Waals surface area (Å²) in [6.07, 6.45) is 0. The molecule has 0 N–H and O–H groups in total. The first-order valence-corrected chi connectivity index (χ1v) is 12.5. The fraction of sp³-hybridized carbons (Fsp3) is 0.0625. The number of thiophene rings is 1. The predicted octanol–water partition coefficient (Wildman–Crippen LogP) is 8.44. The summed E-state index contributed by atoms with van der Waals surface area (Å²) in [5.41, 5.74) is 5.65.